The van der Waals surface area contributed by atoms with E-state index >= 15 is 0 Å². The molecule has 2 N–H and O–H groups in total. The van der Waals surface area contributed by atoms with Gasteiger partial charge in [0.25, 0.3) is 0 Å². The molecule has 0 radical (unpaired) electrons. The zero-order chi connectivity index (χ0) is 13.9. The predicted octanol–water partition coefficient (Wildman–Crippen LogP) is 1.68. The van der Waals surface area contributed by atoms with E-state index in [0.717, 1.165) is 10.6 Å². The third-order valence-corrected chi connectivity index (χ3v) is 3.30. The van der Waals surface area contributed by atoms with E-state index in [-0.39, 0.29) is 0 Å². The summed E-state index contributed by atoms with van der Waals surface area (Å²) in [5, 5.41) is 2.65. The minimum absolute atomic E-state index is 0.408. The van der Waals surface area contributed by atoms with Crippen molar-refractivity contribution in [3.05, 3.63) is 41.4 Å². The van der Waals surface area contributed by atoms with Gasteiger partial charge >= 0.3 is 5.97 Å². The topological polar surface area (TPSA) is 82.3 Å². The molecule has 0 saturated heterocycles. The standard InChI is InChI=1S/C13H12N2O3S/c1-9(17)18-13(14,8-16)11-4-2-3-10(7-11)12-15-5-6-19-12/h2-8H,14H2,1H3. The molecule has 0 fully saturated rings. The molecular weight excluding hydrogens is 264 g/mol. The number of rotatable bonds is 4. The van der Waals surface area contributed by atoms with Crippen LogP contribution in [0, 0.1) is 0 Å². The van der Waals surface area contributed by atoms with Gasteiger partial charge in [-0.1, -0.05) is 18.2 Å². The highest BCUT2D eigenvalue weighted by atomic mass is 32.1. The lowest BCUT2D eigenvalue weighted by Crippen LogP contribution is -2.42. The number of nitrogens with two attached hydrogens (primary N) is 1. The molecule has 0 aliphatic rings. The van der Waals surface area contributed by atoms with Gasteiger partial charge in [0.15, 0.2) is 6.29 Å². The number of hydrogen-bond donors (Lipinski definition) is 1. The molecule has 1 atom stereocenters. The van der Waals surface area contributed by atoms with Crippen molar-refractivity contribution in [1.82, 2.24) is 4.98 Å². The van der Waals surface area contributed by atoms with Gasteiger partial charge in [0.05, 0.1) is 0 Å². The maximum absolute atomic E-state index is 11.1. The van der Waals surface area contributed by atoms with Crippen LogP contribution in [0.2, 0.25) is 0 Å². The molecule has 1 unspecified atom stereocenters. The molecule has 6 heteroatoms. The second-order valence-electron chi connectivity index (χ2n) is 3.92. The number of thiazole rings is 1. The number of nitrogens with zero attached hydrogens (tertiary/aromatic N) is 1. The summed E-state index contributed by atoms with van der Waals surface area (Å²) in [5.74, 6) is -0.616. The van der Waals surface area contributed by atoms with E-state index in [0.29, 0.717) is 11.8 Å². The largest absolute Gasteiger partial charge is 0.433 e. The van der Waals surface area contributed by atoms with E-state index in [1.165, 1.54) is 18.3 Å². The van der Waals surface area contributed by atoms with Crippen molar-refractivity contribution >= 4 is 23.6 Å². The van der Waals surface area contributed by atoms with Crippen molar-refractivity contribution in [3.8, 4) is 10.6 Å². The summed E-state index contributed by atoms with van der Waals surface area (Å²) >= 11 is 1.47. The molecule has 0 aliphatic heterocycles. The summed E-state index contributed by atoms with van der Waals surface area (Å²) < 4.78 is 4.90. The van der Waals surface area contributed by atoms with Gasteiger partial charge in [0.1, 0.15) is 5.01 Å². The van der Waals surface area contributed by atoms with E-state index in [2.05, 4.69) is 4.98 Å². The Morgan fingerprint density at radius 3 is 2.89 bits per heavy atom. The molecule has 0 saturated carbocycles. The lowest BCUT2D eigenvalue weighted by atomic mass is 10.0. The lowest BCUT2D eigenvalue weighted by molar-refractivity contribution is -0.161. The first-order valence-electron chi connectivity index (χ1n) is 5.50. The summed E-state index contributed by atoms with van der Waals surface area (Å²) in [7, 11) is 0. The summed E-state index contributed by atoms with van der Waals surface area (Å²) in [6.07, 6.45) is 2.10. The normalized spacial score (nSPS) is 13.6. The number of aromatic nitrogens is 1. The van der Waals surface area contributed by atoms with Crippen molar-refractivity contribution in [2.45, 2.75) is 12.6 Å². The van der Waals surface area contributed by atoms with Crippen LogP contribution in [-0.2, 0) is 20.1 Å². The number of benzene rings is 1. The summed E-state index contributed by atoms with van der Waals surface area (Å²) in [4.78, 5) is 26.4. The molecule has 19 heavy (non-hydrogen) atoms. The maximum Gasteiger partial charge on any atom is 0.305 e. The van der Waals surface area contributed by atoms with Crippen molar-refractivity contribution in [1.29, 1.82) is 0 Å². The second-order valence-corrected chi connectivity index (χ2v) is 4.82. The average Bonchev–Trinajstić information content (AvgIpc) is 2.92. The molecule has 5 nitrogen and oxygen atoms in total. The summed E-state index contributed by atoms with van der Waals surface area (Å²) in [6.45, 7) is 1.20. The Morgan fingerprint density at radius 2 is 2.32 bits per heavy atom. The molecule has 2 rings (SSSR count). The minimum Gasteiger partial charge on any atom is -0.433 e. The van der Waals surface area contributed by atoms with Crippen LogP contribution in [0.3, 0.4) is 0 Å². The van der Waals surface area contributed by atoms with Crippen LogP contribution >= 0.6 is 11.3 Å². The SMILES string of the molecule is CC(=O)OC(N)(C=O)c1cccc(-c2nccs2)c1. The zero-order valence-corrected chi connectivity index (χ0v) is 11.0. The Balaban J connectivity index is 2.42. The van der Waals surface area contributed by atoms with Crippen LogP contribution in [0.15, 0.2) is 35.8 Å². The quantitative estimate of drug-likeness (QED) is 0.522. The molecule has 1 heterocycles. The van der Waals surface area contributed by atoms with Crippen LogP contribution in [0.1, 0.15) is 12.5 Å². The third-order valence-electron chi connectivity index (χ3n) is 2.48. The first-order valence-corrected chi connectivity index (χ1v) is 6.38. The van der Waals surface area contributed by atoms with Gasteiger partial charge in [-0.15, -0.1) is 11.3 Å². The lowest BCUT2D eigenvalue weighted by Gasteiger charge is -2.23. The van der Waals surface area contributed by atoms with Gasteiger partial charge in [-0.05, 0) is 6.07 Å². The van der Waals surface area contributed by atoms with Gasteiger partial charge in [0.2, 0.25) is 5.72 Å². The van der Waals surface area contributed by atoms with Crippen molar-refractivity contribution in [2.24, 2.45) is 5.73 Å². The van der Waals surface area contributed by atoms with Crippen molar-refractivity contribution < 1.29 is 14.3 Å². The van der Waals surface area contributed by atoms with Crippen LogP contribution in [0.4, 0.5) is 0 Å². The monoisotopic (exact) mass is 276 g/mol. The molecular formula is C13H12N2O3S. The zero-order valence-electron chi connectivity index (χ0n) is 10.2. The highest BCUT2D eigenvalue weighted by molar-refractivity contribution is 7.13. The van der Waals surface area contributed by atoms with Crippen LogP contribution in [-0.4, -0.2) is 17.2 Å². The molecule has 2 aromatic rings. The highest BCUT2D eigenvalue weighted by Crippen LogP contribution is 2.26. The molecule has 1 aromatic heterocycles. The van der Waals surface area contributed by atoms with Gasteiger partial charge < -0.3 is 4.74 Å². The Bertz CT molecular complexity index is 598. The van der Waals surface area contributed by atoms with Crippen LogP contribution in [0.5, 0.6) is 0 Å². The molecule has 0 aliphatic carbocycles. The van der Waals surface area contributed by atoms with Gasteiger partial charge in [-0.2, -0.15) is 0 Å². The third kappa shape index (κ3) is 2.86. The molecule has 98 valence electrons. The molecule has 1 aromatic carbocycles. The summed E-state index contributed by atoms with van der Waals surface area (Å²) in [5.41, 5.74) is 5.27. The van der Waals surface area contributed by atoms with Gasteiger partial charge in [-0.3, -0.25) is 15.3 Å². The fourth-order valence-electron chi connectivity index (χ4n) is 1.65. The fraction of sp³-hybridized carbons (Fsp3) is 0.154. The number of carbonyl (C=O) groups excluding carboxylic acids is 2. The molecule has 0 bridgehead atoms. The van der Waals surface area contributed by atoms with Crippen LogP contribution < -0.4 is 5.73 Å². The van der Waals surface area contributed by atoms with E-state index in [4.69, 9.17) is 10.5 Å². The van der Waals surface area contributed by atoms with Crippen molar-refractivity contribution in [3.63, 3.8) is 0 Å². The number of ether oxygens (including phenoxy) is 1. The first-order chi connectivity index (χ1) is 9.05. The summed E-state index contributed by atoms with van der Waals surface area (Å²) in [6, 6.07) is 6.91. The fourth-order valence-corrected chi connectivity index (χ4v) is 2.29. The highest BCUT2D eigenvalue weighted by Gasteiger charge is 2.30. The Morgan fingerprint density at radius 1 is 1.53 bits per heavy atom. The second kappa shape index (κ2) is 5.29. The number of aldehydes is 1. The van der Waals surface area contributed by atoms with Crippen molar-refractivity contribution in [2.75, 3.05) is 0 Å². The van der Waals surface area contributed by atoms with Gasteiger partial charge in [0, 0.05) is 29.6 Å². The average molecular weight is 276 g/mol. The number of hydrogen-bond acceptors (Lipinski definition) is 6. The van der Waals surface area contributed by atoms with E-state index in [9.17, 15) is 9.59 Å². The Kier molecular flexibility index (Phi) is 3.73. The Hall–Kier alpha value is -2.05. The minimum atomic E-state index is -1.76. The molecule has 0 amide bonds. The number of carbonyl (C=O) groups is 2. The van der Waals surface area contributed by atoms with E-state index in [1.807, 2.05) is 11.4 Å². The maximum atomic E-state index is 11.1. The number of esters is 1. The van der Waals surface area contributed by atoms with Gasteiger partial charge in [-0.25, -0.2) is 4.98 Å². The van der Waals surface area contributed by atoms with E-state index in [1.54, 1.807) is 24.4 Å². The van der Waals surface area contributed by atoms with E-state index < -0.39 is 11.7 Å². The smallest absolute Gasteiger partial charge is 0.305 e. The van der Waals surface area contributed by atoms with Crippen LogP contribution in [0.25, 0.3) is 10.6 Å². The predicted molar refractivity (Wildman–Crippen MR) is 71.2 cm³/mol. The Labute approximate surface area is 114 Å². The molecule has 0 spiro atoms. The first kappa shape index (κ1) is 13.4.